The molecule has 1 aromatic rings. The van der Waals surface area contributed by atoms with Crippen LogP contribution in [0.2, 0.25) is 0 Å². The summed E-state index contributed by atoms with van der Waals surface area (Å²) in [5, 5.41) is 0. The van der Waals surface area contributed by atoms with Crippen LogP contribution in [-0.2, 0) is 11.2 Å². The molecule has 3 heteroatoms. The summed E-state index contributed by atoms with van der Waals surface area (Å²) in [5.41, 5.74) is -0.282. The third kappa shape index (κ3) is 3.72. The Morgan fingerprint density at radius 2 is 1.69 bits per heavy atom. The Hall–Kier alpha value is -1.25. The van der Waals surface area contributed by atoms with Gasteiger partial charge in [0.15, 0.2) is 0 Å². The molecule has 1 nitrogen and oxygen atoms in total. The fourth-order valence-corrected chi connectivity index (χ4v) is 1.55. The third-order valence-electron chi connectivity index (χ3n) is 2.16. The van der Waals surface area contributed by atoms with Crippen LogP contribution in [-0.4, -0.2) is 5.78 Å². The predicted molar refractivity (Wildman–Crippen MR) is 59.1 cm³/mol. The summed E-state index contributed by atoms with van der Waals surface area (Å²) in [6.45, 7) is 5.76. The van der Waals surface area contributed by atoms with Crippen LogP contribution in [0, 0.1) is 17.0 Å². The first-order valence-electron chi connectivity index (χ1n) is 5.24. The Kier molecular flexibility index (Phi) is 3.79. The first-order valence-corrected chi connectivity index (χ1v) is 5.24. The summed E-state index contributed by atoms with van der Waals surface area (Å²) >= 11 is 0. The van der Waals surface area contributed by atoms with E-state index in [0.29, 0.717) is 6.42 Å². The maximum absolute atomic E-state index is 13.3. The Morgan fingerprint density at radius 3 is 2.12 bits per heavy atom. The SMILES string of the molecule is CC(C)(C)CC(=O)Cc1c(F)cccc1F. The second-order valence-electron chi connectivity index (χ2n) is 5.15. The number of carbonyl (C=O) groups excluding carboxylic acids is 1. The molecular weight excluding hydrogens is 210 g/mol. The molecule has 0 atom stereocenters. The van der Waals surface area contributed by atoms with Crippen LogP contribution in [0.4, 0.5) is 8.78 Å². The number of ketones is 1. The van der Waals surface area contributed by atoms with Crippen molar-refractivity contribution in [3.05, 3.63) is 35.4 Å². The molecule has 0 aliphatic rings. The zero-order valence-electron chi connectivity index (χ0n) is 9.81. The van der Waals surface area contributed by atoms with E-state index in [2.05, 4.69) is 0 Å². The molecule has 88 valence electrons. The van der Waals surface area contributed by atoms with Gasteiger partial charge >= 0.3 is 0 Å². The van der Waals surface area contributed by atoms with Gasteiger partial charge in [-0.05, 0) is 17.5 Å². The molecule has 0 aliphatic heterocycles. The lowest BCUT2D eigenvalue weighted by atomic mass is 9.88. The van der Waals surface area contributed by atoms with Gasteiger partial charge in [0.2, 0.25) is 0 Å². The molecule has 0 aromatic heterocycles. The maximum atomic E-state index is 13.3. The first-order chi connectivity index (χ1) is 7.29. The highest BCUT2D eigenvalue weighted by Crippen LogP contribution is 2.21. The van der Waals surface area contributed by atoms with Crippen molar-refractivity contribution in [2.75, 3.05) is 0 Å². The van der Waals surface area contributed by atoms with Crippen molar-refractivity contribution in [3.63, 3.8) is 0 Å². The van der Waals surface area contributed by atoms with Crippen LogP contribution in [0.25, 0.3) is 0 Å². The molecular formula is C13H16F2O. The van der Waals surface area contributed by atoms with Crippen LogP contribution in [0.5, 0.6) is 0 Å². The van der Waals surface area contributed by atoms with E-state index in [-0.39, 0.29) is 23.2 Å². The topological polar surface area (TPSA) is 17.1 Å². The van der Waals surface area contributed by atoms with Crippen molar-refractivity contribution >= 4 is 5.78 Å². The van der Waals surface area contributed by atoms with Gasteiger partial charge in [0.1, 0.15) is 17.4 Å². The second kappa shape index (κ2) is 4.73. The average Bonchev–Trinajstić information content (AvgIpc) is 2.08. The molecule has 0 heterocycles. The van der Waals surface area contributed by atoms with Gasteiger partial charge in [0, 0.05) is 18.4 Å². The van der Waals surface area contributed by atoms with E-state index in [9.17, 15) is 13.6 Å². The van der Waals surface area contributed by atoms with Gasteiger partial charge in [-0.25, -0.2) is 8.78 Å². The quantitative estimate of drug-likeness (QED) is 0.770. The van der Waals surface area contributed by atoms with Crippen LogP contribution in [0.1, 0.15) is 32.8 Å². The molecule has 0 spiro atoms. The van der Waals surface area contributed by atoms with E-state index in [4.69, 9.17) is 0 Å². The van der Waals surface area contributed by atoms with Gasteiger partial charge < -0.3 is 0 Å². The normalized spacial score (nSPS) is 11.6. The number of hydrogen-bond donors (Lipinski definition) is 0. The average molecular weight is 226 g/mol. The standard InChI is InChI=1S/C13H16F2O/c1-13(2,3)8-9(16)7-10-11(14)5-4-6-12(10)15/h4-6H,7-8H2,1-3H3. The van der Waals surface area contributed by atoms with Crippen molar-refractivity contribution in [2.45, 2.75) is 33.6 Å². The largest absolute Gasteiger partial charge is 0.299 e. The number of rotatable bonds is 3. The summed E-state index contributed by atoms with van der Waals surface area (Å²) in [5.74, 6) is -1.44. The van der Waals surface area contributed by atoms with Gasteiger partial charge in [0.05, 0.1) is 0 Å². The molecule has 0 radical (unpaired) electrons. The second-order valence-corrected chi connectivity index (χ2v) is 5.15. The minimum Gasteiger partial charge on any atom is -0.299 e. The van der Waals surface area contributed by atoms with Gasteiger partial charge in [-0.3, -0.25) is 4.79 Å². The van der Waals surface area contributed by atoms with E-state index < -0.39 is 11.6 Å². The first kappa shape index (κ1) is 12.8. The fraction of sp³-hybridized carbons (Fsp3) is 0.462. The summed E-state index contributed by atoms with van der Waals surface area (Å²) in [4.78, 5) is 11.6. The van der Waals surface area contributed by atoms with E-state index in [1.165, 1.54) is 18.2 Å². The van der Waals surface area contributed by atoms with Gasteiger partial charge in [-0.1, -0.05) is 26.8 Å². The zero-order valence-corrected chi connectivity index (χ0v) is 9.81. The molecule has 1 rings (SSSR count). The minimum atomic E-state index is -0.651. The van der Waals surface area contributed by atoms with Crippen LogP contribution in [0.3, 0.4) is 0 Å². The minimum absolute atomic E-state index is 0.128. The number of carbonyl (C=O) groups is 1. The highest BCUT2D eigenvalue weighted by molar-refractivity contribution is 5.81. The lowest BCUT2D eigenvalue weighted by Gasteiger charge is -2.16. The number of hydrogen-bond acceptors (Lipinski definition) is 1. The molecule has 0 N–H and O–H groups in total. The van der Waals surface area contributed by atoms with Crippen molar-refractivity contribution in [2.24, 2.45) is 5.41 Å². The zero-order chi connectivity index (χ0) is 12.3. The molecule has 0 aliphatic carbocycles. The van der Waals surface area contributed by atoms with E-state index in [0.717, 1.165) is 0 Å². The Bertz CT molecular complexity index is 371. The van der Waals surface area contributed by atoms with Crippen molar-refractivity contribution in [1.29, 1.82) is 0 Å². The summed E-state index contributed by atoms with van der Waals surface area (Å²) in [6, 6.07) is 3.63. The molecule has 1 aromatic carbocycles. The highest BCUT2D eigenvalue weighted by Gasteiger charge is 2.19. The van der Waals surface area contributed by atoms with E-state index in [1.54, 1.807) is 0 Å². The number of benzene rings is 1. The van der Waals surface area contributed by atoms with Crippen molar-refractivity contribution in [1.82, 2.24) is 0 Å². The summed E-state index contributed by atoms with van der Waals surface area (Å²) in [7, 11) is 0. The van der Waals surface area contributed by atoms with Crippen molar-refractivity contribution < 1.29 is 13.6 Å². The summed E-state index contributed by atoms with van der Waals surface area (Å²) < 4.78 is 26.5. The Labute approximate surface area is 94.5 Å². The molecule has 0 bridgehead atoms. The Balaban J connectivity index is 2.78. The van der Waals surface area contributed by atoms with Gasteiger partial charge in [0.25, 0.3) is 0 Å². The van der Waals surface area contributed by atoms with Crippen LogP contribution >= 0.6 is 0 Å². The highest BCUT2D eigenvalue weighted by atomic mass is 19.1. The Morgan fingerprint density at radius 1 is 1.19 bits per heavy atom. The maximum Gasteiger partial charge on any atom is 0.138 e. The number of Topliss-reactive ketones (excluding diaryl/α,β-unsaturated/α-hetero) is 1. The molecule has 0 saturated heterocycles. The molecule has 0 amide bonds. The molecule has 0 unspecified atom stereocenters. The molecule has 16 heavy (non-hydrogen) atoms. The molecule has 0 fully saturated rings. The smallest absolute Gasteiger partial charge is 0.138 e. The van der Waals surface area contributed by atoms with E-state index in [1.807, 2.05) is 20.8 Å². The lowest BCUT2D eigenvalue weighted by Crippen LogP contribution is -2.15. The fourth-order valence-electron chi connectivity index (χ4n) is 1.55. The van der Waals surface area contributed by atoms with Gasteiger partial charge in [-0.2, -0.15) is 0 Å². The molecule has 0 saturated carbocycles. The monoisotopic (exact) mass is 226 g/mol. The predicted octanol–water partition coefficient (Wildman–Crippen LogP) is 3.51. The van der Waals surface area contributed by atoms with Crippen LogP contribution < -0.4 is 0 Å². The third-order valence-corrected chi connectivity index (χ3v) is 2.16. The number of halogens is 2. The van der Waals surface area contributed by atoms with E-state index >= 15 is 0 Å². The summed E-state index contributed by atoms with van der Waals surface area (Å²) in [6.07, 6.45) is 0.149. The lowest BCUT2D eigenvalue weighted by molar-refractivity contribution is -0.120. The van der Waals surface area contributed by atoms with Crippen molar-refractivity contribution in [3.8, 4) is 0 Å². The van der Waals surface area contributed by atoms with Gasteiger partial charge in [-0.15, -0.1) is 0 Å². The van der Waals surface area contributed by atoms with Crippen LogP contribution in [0.15, 0.2) is 18.2 Å².